The summed E-state index contributed by atoms with van der Waals surface area (Å²) < 4.78 is 0. The second-order valence-electron chi connectivity index (χ2n) is 2.26. The van der Waals surface area contributed by atoms with Crippen molar-refractivity contribution in [2.24, 2.45) is 0 Å². The van der Waals surface area contributed by atoms with Crippen molar-refractivity contribution < 1.29 is 0 Å². The topological polar surface area (TPSA) is 38.0 Å². The van der Waals surface area contributed by atoms with Crippen LogP contribution in [-0.4, -0.2) is 6.54 Å². The summed E-state index contributed by atoms with van der Waals surface area (Å²) in [5, 5.41) is 3.81. The van der Waals surface area contributed by atoms with E-state index in [1.54, 1.807) is 12.1 Å². The molecular weight excluding hydrogens is 230 g/mol. The standard InChI is InChI=1S/C8H11ClN2.2ClH/c1-2-11-8-5-6(9)3-4-7(8)10;;/h3-5,11H,2,10H2,1H3;2*1H. The average Bonchev–Trinajstić information content (AvgIpc) is 1.98. The summed E-state index contributed by atoms with van der Waals surface area (Å²) in [5.41, 5.74) is 7.29. The first-order valence-corrected chi connectivity index (χ1v) is 3.90. The van der Waals surface area contributed by atoms with Gasteiger partial charge in [0.25, 0.3) is 0 Å². The zero-order valence-corrected chi connectivity index (χ0v) is 9.60. The zero-order chi connectivity index (χ0) is 8.27. The Balaban J connectivity index is 0. The van der Waals surface area contributed by atoms with Crippen LogP contribution in [-0.2, 0) is 0 Å². The van der Waals surface area contributed by atoms with E-state index in [0.29, 0.717) is 5.02 Å². The quantitative estimate of drug-likeness (QED) is 0.783. The molecule has 0 aromatic heterocycles. The SMILES string of the molecule is CCNc1cc(Cl)ccc1N.Cl.Cl. The lowest BCUT2D eigenvalue weighted by atomic mass is 10.3. The minimum Gasteiger partial charge on any atom is -0.397 e. The van der Waals surface area contributed by atoms with E-state index < -0.39 is 0 Å². The third-order valence-corrected chi connectivity index (χ3v) is 1.62. The van der Waals surface area contributed by atoms with Crippen LogP contribution in [0.5, 0.6) is 0 Å². The Hall–Kier alpha value is -0.310. The molecule has 76 valence electrons. The molecule has 0 bridgehead atoms. The number of nitrogen functional groups attached to an aromatic ring is 1. The van der Waals surface area contributed by atoms with Crippen LogP contribution in [0, 0.1) is 0 Å². The molecule has 3 N–H and O–H groups in total. The van der Waals surface area contributed by atoms with Crippen LogP contribution >= 0.6 is 36.4 Å². The summed E-state index contributed by atoms with van der Waals surface area (Å²) in [6.45, 7) is 2.87. The fourth-order valence-corrected chi connectivity index (χ4v) is 1.04. The van der Waals surface area contributed by atoms with Gasteiger partial charge >= 0.3 is 0 Å². The van der Waals surface area contributed by atoms with Gasteiger partial charge in [0, 0.05) is 11.6 Å². The molecular formula is C8H13Cl3N2. The first-order chi connectivity index (χ1) is 5.24. The van der Waals surface area contributed by atoms with E-state index in [1.165, 1.54) is 0 Å². The number of hydrogen-bond acceptors (Lipinski definition) is 2. The second-order valence-corrected chi connectivity index (χ2v) is 2.70. The van der Waals surface area contributed by atoms with Crippen molar-refractivity contribution in [3.05, 3.63) is 23.2 Å². The van der Waals surface area contributed by atoms with Gasteiger partial charge in [0.1, 0.15) is 0 Å². The summed E-state index contributed by atoms with van der Waals surface area (Å²) in [4.78, 5) is 0. The molecule has 5 heteroatoms. The minimum absolute atomic E-state index is 0. The van der Waals surface area contributed by atoms with E-state index in [-0.39, 0.29) is 24.8 Å². The van der Waals surface area contributed by atoms with Crippen LogP contribution in [0.25, 0.3) is 0 Å². The van der Waals surface area contributed by atoms with E-state index in [0.717, 1.165) is 17.9 Å². The molecule has 0 aliphatic heterocycles. The summed E-state index contributed by atoms with van der Waals surface area (Å²) in [6, 6.07) is 5.39. The van der Waals surface area contributed by atoms with Gasteiger partial charge in [-0.3, -0.25) is 0 Å². The first-order valence-electron chi connectivity index (χ1n) is 3.53. The van der Waals surface area contributed by atoms with E-state index in [4.69, 9.17) is 17.3 Å². The fraction of sp³-hybridized carbons (Fsp3) is 0.250. The zero-order valence-electron chi connectivity index (χ0n) is 7.21. The Bertz CT molecular complexity index is 253. The van der Waals surface area contributed by atoms with Crippen molar-refractivity contribution in [2.45, 2.75) is 6.92 Å². The predicted octanol–water partition coefficient (Wildman–Crippen LogP) is 3.20. The van der Waals surface area contributed by atoms with Crippen LogP contribution in [0.4, 0.5) is 11.4 Å². The van der Waals surface area contributed by atoms with Gasteiger partial charge in [-0.1, -0.05) is 11.6 Å². The predicted molar refractivity (Wildman–Crippen MR) is 64.5 cm³/mol. The van der Waals surface area contributed by atoms with E-state index in [1.807, 2.05) is 13.0 Å². The number of nitrogens with one attached hydrogen (secondary N) is 1. The molecule has 1 aromatic carbocycles. The Labute approximate surface area is 95.7 Å². The molecule has 0 saturated carbocycles. The van der Waals surface area contributed by atoms with Gasteiger partial charge in [0.15, 0.2) is 0 Å². The van der Waals surface area contributed by atoms with Crippen LogP contribution in [0.2, 0.25) is 5.02 Å². The van der Waals surface area contributed by atoms with Gasteiger partial charge < -0.3 is 11.1 Å². The molecule has 0 aliphatic carbocycles. The van der Waals surface area contributed by atoms with Gasteiger partial charge in [-0.2, -0.15) is 0 Å². The molecule has 0 fully saturated rings. The van der Waals surface area contributed by atoms with Gasteiger partial charge in [-0.15, -0.1) is 24.8 Å². The first kappa shape index (κ1) is 15.2. The maximum absolute atomic E-state index is 5.76. The largest absolute Gasteiger partial charge is 0.397 e. The van der Waals surface area contributed by atoms with Gasteiger partial charge in [-0.05, 0) is 25.1 Å². The monoisotopic (exact) mass is 242 g/mol. The molecule has 1 rings (SSSR count). The fourth-order valence-electron chi connectivity index (χ4n) is 0.872. The molecule has 0 saturated heterocycles. The normalized spacial score (nSPS) is 8.15. The van der Waals surface area contributed by atoms with Gasteiger partial charge in [0.05, 0.1) is 11.4 Å². The Morgan fingerprint density at radius 1 is 1.38 bits per heavy atom. The number of anilines is 2. The lowest BCUT2D eigenvalue weighted by Crippen LogP contribution is -2.00. The lowest BCUT2D eigenvalue weighted by molar-refractivity contribution is 1.21. The maximum Gasteiger partial charge on any atom is 0.0588 e. The minimum atomic E-state index is 0. The summed E-state index contributed by atoms with van der Waals surface area (Å²) in [5.74, 6) is 0. The van der Waals surface area contributed by atoms with Crippen molar-refractivity contribution in [2.75, 3.05) is 17.6 Å². The van der Waals surface area contributed by atoms with Crippen molar-refractivity contribution in [1.82, 2.24) is 0 Å². The summed E-state index contributed by atoms with van der Waals surface area (Å²) in [7, 11) is 0. The summed E-state index contributed by atoms with van der Waals surface area (Å²) >= 11 is 5.76. The molecule has 2 nitrogen and oxygen atoms in total. The van der Waals surface area contributed by atoms with Crippen molar-refractivity contribution >= 4 is 47.8 Å². The molecule has 0 spiro atoms. The van der Waals surface area contributed by atoms with Crippen molar-refractivity contribution in [1.29, 1.82) is 0 Å². The molecule has 0 atom stereocenters. The highest BCUT2D eigenvalue weighted by atomic mass is 35.5. The van der Waals surface area contributed by atoms with Gasteiger partial charge in [0.2, 0.25) is 0 Å². The number of nitrogens with two attached hydrogens (primary N) is 1. The number of rotatable bonds is 2. The average molecular weight is 244 g/mol. The number of hydrogen-bond donors (Lipinski definition) is 2. The smallest absolute Gasteiger partial charge is 0.0588 e. The van der Waals surface area contributed by atoms with Crippen molar-refractivity contribution in [3.8, 4) is 0 Å². The van der Waals surface area contributed by atoms with Crippen LogP contribution in [0.1, 0.15) is 6.92 Å². The Morgan fingerprint density at radius 2 is 2.00 bits per heavy atom. The molecule has 0 radical (unpaired) electrons. The van der Waals surface area contributed by atoms with Crippen LogP contribution in [0.15, 0.2) is 18.2 Å². The molecule has 0 unspecified atom stereocenters. The molecule has 1 aromatic rings. The van der Waals surface area contributed by atoms with E-state index in [9.17, 15) is 0 Å². The molecule has 0 aliphatic rings. The highest BCUT2D eigenvalue weighted by molar-refractivity contribution is 6.31. The Morgan fingerprint density at radius 3 is 2.54 bits per heavy atom. The highest BCUT2D eigenvalue weighted by Crippen LogP contribution is 2.22. The molecule has 0 amide bonds. The number of halogens is 3. The van der Waals surface area contributed by atoms with Crippen LogP contribution in [0.3, 0.4) is 0 Å². The molecule has 0 heterocycles. The summed E-state index contributed by atoms with van der Waals surface area (Å²) in [6.07, 6.45) is 0. The second kappa shape index (κ2) is 7.13. The molecule has 13 heavy (non-hydrogen) atoms. The maximum atomic E-state index is 5.76. The van der Waals surface area contributed by atoms with E-state index >= 15 is 0 Å². The third kappa shape index (κ3) is 4.46. The van der Waals surface area contributed by atoms with E-state index in [2.05, 4.69) is 5.32 Å². The lowest BCUT2D eigenvalue weighted by Gasteiger charge is -2.06. The number of benzene rings is 1. The van der Waals surface area contributed by atoms with Crippen molar-refractivity contribution in [3.63, 3.8) is 0 Å². The highest BCUT2D eigenvalue weighted by Gasteiger charge is 1.96. The van der Waals surface area contributed by atoms with Crippen LogP contribution < -0.4 is 11.1 Å². The van der Waals surface area contributed by atoms with Gasteiger partial charge in [-0.25, -0.2) is 0 Å². The third-order valence-electron chi connectivity index (χ3n) is 1.38. The Kier molecular flexibility index (Phi) is 8.32.